The maximum atomic E-state index is 10.9. The van der Waals surface area contributed by atoms with Crippen molar-refractivity contribution < 1.29 is 9.84 Å². The molecule has 0 aromatic heterocycles. The molecule has 0 aromatic carbocycles. The van der Waals surface area contributed by atoms with Crippen LogP contribution in [0.1, 0.15) is 52.4 Å². The molecule has 1 aliphatic carbocycles. The van der Waals surface area contributed by atoms with E-state index in [0.717, 1.165) is 25.7 Å². The van der Waals surface area contributed by atoms with Crippen molar-refractivity contribution in [2.45, 2.75) is 58.0 Å². The molecule has 3 nitrogen and oxygen atoms in total. The Labute approximate surface area is 105 Å². The summed E-state index contributed by atoms with van der Waals surface area (Å²) < 4.78 is 5.19. The molecule has 1 saturated carbocycles. The first-order valence-electron chi connectivity index (χ1n) is 6.65. The summed E-state index contributed by atoms with van der Waals surface area (Å²) in [5.41, 5.74) is -1.66. The van der Waals surface area contributed by atoms with Crippen molar-refractivity contribution in [3.05, 3.63) is 0 Å². The molecule has 0 heterocycles. The minimum atomic E-state index is -1.03. The van der Waals surface area contributed by atoms with Crippen molar-refractivity contribution in [2.24, 2.45) is 11.3 Å². The lowest BCUT2D eigenvalue weighted by atomic mass is 9.63. The molecule has 98 valence electrons. The Kier molecular flexibility index (Phi) is 4.97. The first-order chi connectivity index (χ1) is 8.02. The second-order valence-electron chi connectivity index (χ2n) is 5.62. The number of aliphatic hydroxyl groups is 1. The summed E-state index contributed by atoms with van der Waals surface area (Å²) in [6.07, 6.45) is 6.00. The van der Waals surface area contributed by atoms with E-state index in [-0.39, 0.29) is 12.5 Å². The lowest BCUT2D eigenvalue weighted by Gasteiger charge is -2.45. The zero-order chi connectivity index (χ0) is 12.9. The van der Waals surface area contributed by atoms with Gasteiger partial charge < -0.3 is 9.84 Å². The van der Waals surface area contributed by atoms with Crippen LogP contribution in [-0.4, -0.2) is 24.4 Å². The average molecular weight is 239 g/mol. The van der Waals surface area contributed by atoms with E-state index >= 15 is 0 Å². The van der Waals surface area contributed by atoms with E-state index in [9.17, 15) is 10.4 Å². The van der Waals surface area contributed by atoms with E-state index in [1.807, 2.05) is 13.8 Å². The van der Waals surface area contributed by atoms with E-state index in [1.165, 1.54) is 12.8 Å². The Morgan fingerprint density at radius 1 is 1.29 bits per heavy atom. The molecule has 0 amide bonds. The first-order valence-corrected chi connectivity index (χ1v) is 6.65. The Balaban J connectivity index is 3.06. The minimum absolute atomic E-state index is 0.0280. The lowest BCUT2D eigenvalue weighted by molar-refractivity contribution is -0.137. The summed E-state index contributed by atoms with van der Waals surface area (Å²) in [7, 11) is 1.59. The molecule has 3 heteroatoms. The maximum Gasteiger partial charge on any atom is 0.109 e. The molecule has 1 unspecified atom stereocenters. The molecule has 0 bridgehead atoms. The number of rotatable bonds is 4. The second kappa shape index (κ2) is 5.84. The van der Waals surface area contributed by atoms with Crippen molar-refractivity contribution in [1.82, 2.24) is 0 Å². The van der Waals surface area contributed by atoms with Crippen LogP contribution in [-0.2, 0) is 4.74 Å². The van der Waals surface area contributed by atoms with Crippen LogP contribution in [0.25, 0.3) is 0 Å². The summed E-state index contributed by atoms with van der Waals surface area (Å²) >= 11 is 0. The van der Waals surface area contributed by atoms with E-state index in [1.54, 1.807) is 7.11 Å². The van der Waals surface area contributed by atoms with Gasteiger partial charge in [-0.3, -0.25) is 0 Å². The van der Waals surface area contributed by atoms with Gasteiger partial charge in [0.25, 0.3) is 0 Å². The van der Waals surface area contributed by atoms with Gasteiger partial charge in [-0.2, -0.15) is 5.26 Å². The summed E-state index contributed by atoms with van der Waals surface area (Å²) in [5, 5.41) is 20.6. The molecule has 17 heavy (non-hydrogen) atoms. The van der Waals surface area contributed by atoms with Gasteiger partial charge in [0, 0.05) is 7.11 Å². The smallest absolute Gasteiger partial charge is 0.109 e. The van der Waals surface area contributed by atoms with Crippen LogP contribution >= 0.6 is 0 Å². The third kappa shape index (κ3) is 2.64. The van der Waals surface area contributed by atoms with Gasteiger partial charge in [0.2, 0.25) is 0 Å². The number of nitrogens with zero attached hydrogens (tertiary/aromatic N) is 1. The Morgan fingerprint density at radius 2 is 1.82 bits per heavy atom. The highest BCUT2D eigenvalue weighted by Crippen LogP contribution is 2.47. The van der Waals surface area contributed by atoms with Crippen LogP contribution in [0.3, 0.4) is 0 Å². The van der Waals surface area contributed by atoms with Crippen molar-refractivity contribution in [2.75, 3.05) is 13.7 Å². The molecule has 1 fully saturated rings. The highest BCUT2D eigenvalue weighted by Gasteiger charge is 2.52. The number of nitriles is 1. The SMILES string of the molecule is COCC(O)(C(C)C)C1(C#N)CCCCCC1. The third-order valence-electron chi connectivity index (χ3n) is 4.32. The van der Waals surface area contributed by atoms with E-state index in [4.69, 9.17) is 4.74 Å². The Hall–Kier alpha value is -0.590. The zero-order valence-corrected chi connectivity index (χ0v) is 11.3. The molecule has 0 spiro atoms. The van der Waals surface area contributed by atoms with Crippen molar-refractivity contribution in [3.8, 4) is 6.07 Å². The first kappa shape index (κ1) is 14.5. The summed E-state index contributed by atoms with van der Waals surface area (Å²) in [5.74, 6) is 0.0280. The van der Waals surface area contributed by atoms with Crippen LogP contribution in [0.15, 0.2) is 0 Å². The van der Waals surface area contributed by atoms with Crippen molar-refractivity contribution >= 4 is 0 Å². The quantitative estimate of drug-likeness (QED) is 0.767. The average Bonchev–Trinajstić information content (AvgIpc) is 2.55. The van der Waals surface area contributed by atoms with Crippen molar-refractivity contribution in [3.63, 3.8) is 0 Å². The van der Waals surface area contributed by atoms with Crippen LogP contribution < -0.4 is 0 Å². The predicted molar refractivity (Wildman–Crippen MR) is 67.4 cm³/mol. The van der Waals surface area contributed by atoms with E-state index < -0.39 is 11.0 Å². The van der Waals surface area contributed by atoms with Crippen LogP contribution in [0.2, 0.25) is 0 Å². The number of ether oxygens (including phenoxy) is 1. The van der Waals surface area contributed by atoms with Gasteiger partial charge in [0.15, 0.2) is 0 Å². The van der Waals surface area contributed by atoms with Crippen LogP contribution in [0, 0.1) is 22.7 Å². The maximum absolute atomic E-state index is 10.9. The third-order valence-corrected chi connectivity index (χ3v) is 4.32. The van der Waals surface area contributed by atoms with Gasteiger partial charge in [-0.05, 0) is 18.8 Å². The Morgan fingerprint density at radius 3 is 2.18 bits per heavy atom. The highest BCUT2D eigenvalue weighted by atomic mass is 16.5. The molecule has 0 aromatic rings. The van der Waals surface area contributed by atoms with Crippen molar-refractivity contribution in [1.29, 1.82) is 5.26 Å². The van der Waals surface area contributed by atoms with E-state index in [0.29, 0.717) is 0 Å². The minimum Gasteiger partial charge on any atom is -0.386 e. The molecule has 1 rings (SSSR count). The van der Waals surface area contributed by atoms with Crippen LogP contribution in [0.5, 0.6) is 0 Å². The molecule has 0 radical (unpaired) electrons. The fourth-order valence-corrected chi connectivity index (χ4v) is 3.05. The van der Waals surface area contributed by atoms with E-state index in [2.05, 4.69) is 6.07 Å². The number of hydrogen-bond donors (Lipinski definition) is 1. The van der Waals surface area contributed by atoms with Crippen LogP contribution in [0.4, 0.5) is 0 Å². The lowest BCUT2D eigenvalue weighted by Crippen LogP contribution is -2.54. The fourth-order valence-electron chi connectivity index (χ4n) is 3.05. The summed E-state index contributed by atoms with van der Waals surface area (Å²) in [4.78, 5) is 0. The zero-order valence-electron chi connectivity index (χ0n) is 11.3. The summed E-state index contributed by atoms with van der Waals surface area (Å²) in [6, 6.07) is 2.43. The van der Waals surface area contributed by atoms with Gasteiger partial charge in [-0.1, -0.05) is 39.5 Å². The Bertz CT molecular complexity index is 274. The molecule has 1 N–H and O–H groups in total. The topological polar surface area (TPSA) is 53.2 Å². The second-order valence-corrected chi connectivity index (χ2v) is 5.62. The van der Waals surface area contributed by atoms with Gasteiger partial charge in [-0.15, -0.1) is 0 Å². The van der Waals surface area contributed by atoms with Gasteiger partial charge in [-0.25, -0.2) is 0 Å². The number of methoxy groups -OCH3 is 1. The fraction of sp³-hybridized carbons (Fsp3) is 0.929. The largest absolute Gasteiger partial charge is 0.386 e. The van der Waals surface area contributed by atoms with Gasteiger partial charge >= 0.3 is 0 Å². The predicted octanol–water partition coefficient (Wildman–Crippen LogP) is 2.88. The highest BCUT2D eigenvalue weighted by molar-refractivity contribution is 5.13. The normalized spacial score (nSPS) is 23.8. The molecule has 1 aliphatic rings. The number of hydrogen-bond acceptors (Lipinski definition) is 3. The summed E-state index contributed by atoms with van der Waals surface area (Å²) in [6.45, 7) is 4.20. The van der Waals surface area contributed by atoms with Gasteiger partial charge in [0.1, 0.15) is 5.60 Å². The molecule has 0 aliphatic heterocycles. The molecular formula is C14H25NO2. The molecule has 0 saturated heterocycles. The monoisotopic (exact) mass is 239 g/mol. The molecule has 1 atom stereocenters. The van der Waals surface area contributed by atoms with Gasteiger partial charge in [0.05, 0.1) is 18.1 Å². The molecular weight excluding hydrogens is 214 g/mol. The standard InChI is InChI=1S/C14H25NO2/c1-12(2)14(16,11-17-3)13(10-15)8-6-4-5-7-9-13/h12,16H,4-9,11H2,1-3H3.